The lowest BCUT2D eigenvalue weighted by Crippen LogP contribution is -2.59. The van der Waals surface area contributed by atoms with Crippen molar-refractivity contribution in [1.82, 2.24) is 25.4 Å². The van der Waals surface area contributed by atoms with Crippen molar-refractivity contribution < 1.29 is 48.0 Å². The van der Waals surface area contributed by atoms with Crippen LogP contribution in [0.15, 0.2) is 29.6 Å². The van der Waals surface area contributed by atoms with Gasteiger partial charge in [0.2, 0.25) is 11.8 Å². The van der Waals surface area contributed by atoms with E-state index in [9.17, 15) is 24.3 Å². The molecule has 0 radical (unpaired) electrons. The molecule has 362 valence electrons. The predicted octanol–water partition coefficient (Wildman–Crippen LogP) is 5.69. The number of likely N-dealkylation sites (tertiary alicyclic amines) is 1. The maximum absolute atomic E-state index is 14.7. The number of carboxylic acid groups (broad SMARTS) is 1. The van der Waals surface area contributed by atoms with E-state index in [4.69, 9.17) is 34.4 Å². The Morgan fingerprint density at radius 3 is 2.27 bits per heavy atom. The van der Waals surface area contributed by atoms with Crippen LogP contribution in [0.4, 0.5) is 0 Å². The van der Waals surface area contributed by atoms with E-state index in [1.54, 1.807) is 17.2 Å². The molecule has 0 bridgehead atoms. The molecule has 7 unspecified atom stereocenters. The Hall–Kier alpha value is -3.71. The minimum Gasteiger partial charge on any atom is -0.491 e. The van der Waals surface area contributed by atoms with Crippen molar-refractivity contribution in [3.05, 3.63) is 45.9 Å². The number of nitrogens with one attached hydrogen (secondary N) is 2. The van der Waals surface area contributed by atoms with Crippen LogP contribution in [0.5, 0.6) is 5.75 Å². The number of benzene rings is 1. The first-order valence-corrected chi connectivity index (χ1v) is 24.2. The van der Waals surface area contributed by atoms with Gasteiger partial charge in [0.1, 0.15) is 41.9 Å². The zero-order valence-electron chi connectivity index (χ0n) is 39.7. The summed E-state index contributed by atoms with van der Waals surface area (Å²) in [5, 5.41) is 18.3. The number of amides is 3. The average molecular weight is 919 g/mol. The van der Waals surface area contributed by atoms with E-state index in [2.05, 4.69) is 29.4 Å². The highest BCUT2D eigenvalue weighted by Gasteiger charge is 2.38. The molecule has 0 spiro atoms. The molecule has 3 amide bonds. The SMILES string of the molecule is CCCOC(CC(C(C)C)N(COCC)C(=O)C(NC(=O)C1CCCCN1C)C(C)CC)c1nc(C(=O)NC(Cc2ccc(OCCOCCOCCN)cc2)CC(C)C(=O)O)cs1. The number of thiazole rings is 1. The zero-order valence-corrected chi connectivity index (χ0v) is 40.5. The number of hydrogen-bond acceptors (Lipinski definition) is 13. The Morgan fingerprint density at radius 1 is 0.938 bits per heavy atom. The van der Waals surface area contributed by atoms with E-state index in [-0.39, 0.29) is 54.6 Å². The lowest BCUT2D eigenvalue weighted by atomic mass is 9.92. The molecule has 16 nitrogen and oxygen atoms in total. The first kappa shape index (κ1) is 54.6. The van der Waals surface area contributed by atoms with Crippen molar-refractivity contribution in [3.63, 3.8) is 0 Å². The molecule has 17 heteroatoms. The fourth-order valence-corrected chi connectivity index (χ4v) is 8.52. The summed E-state index contributed by atoms with van der Waals surface area (Å²) in [7, 11) is 1.96. The van der Waals surface area contributed by atoms with Gasteiger partial charge in [-0.15, -0.1) is 11.3 Å². The molecule has 0 saturated carbocycles. The number of hydrogen-bond donors (Lipinski definition) is 4. The first-order chi connectivity index (χ1) is 30.7. The van der Waals surface area contributed by atoms with Crippen molar-refractivity contribution in [1.29, 1.82) is 0 Å². The van der Waals surface area contributed by atoms with Gasteiger partial charge in [-0.25, -0.2) is 4.98 Å². The minimum atomic E-state index is -0.950. The van der Waals surface area contributed by atoms with Crippen LogP contribution < -0.4 is 21.1 Å². The second-order valence-corrected chi connectivity index (χ2v) is 18.0. The molecular weight excluding hydrogens is 841 g/mol. The molecule has 1 saturated heterocycles. The van der Waals surface area contributed by atoms with E-state index in [0.29, 0.717) is 82.8 Å². The average Bonchev–Trinajstić information content (AvgIpc) is 3.78. The van der Waals surface area contributed by atoms with Crippen LogP contribution in [-0.2, 0) is 39.8 Å². The van der Waals surface area contributed by atoms with Gasteiger partial charge in [0.05, 0.1) is 38.4 Å². The third-order valence-corrected chi connectivity index (χ3v) is 12.6. The van der Waals surface area contributed by atoms with Crippen LogP contribution in [0.2, 0.25) is 0 Å². The van der Waals surface area contributed by atoms with Gasteiger partial charge >= 0.3 is 5.97 Å². The highest BCUT2D eigenvalue weighted by atomic mass is 32.1. The molecule has 3 rings (SSSR count). The molecule has 1 aromatic carbocycles. The zero-order chi connectivity index (χ0) is 47.0. The summed E-state index contributed by atoms with van der Waals surface area (Å²) in [5.74, 6) is -1.89. The van der Waals surface area contributed by atoms with E-state index in [0.717, 1.165) is 37.8 Å². The van der Waals surface area contributed by atoms with E-state index < -0.39 is 36.0 Å². The highest BCUT2D eigenvalue weighted by molar-refractivity contribution is 7.09. The van der Waals surface area contributed by atoms with Gasteiger partial charge in [0, 0.05) is 43.6 Å². The van der Waals surface area contributed by atoms with Crippen molar-refractivity contribution >= 4 is 35.0 Å². The standard InChI is InChI=1S/C47H78N6O10S/c1-9-21-63-41(29-40(32(4)5)53(31-59-11-3)46(56)42(33(6)10-2)51-44(55)39-14-12-13-20-52(39)8)45-50-38(30-64-45)43(54)49-36(27-34(7)47(57)58)28-35-15-17-37(18-16-35)62-26-25-61-24-23-60-22-19-48/h15-18,30,32-34,36,39-42H,9-14,19-29,31,48H2,1-8H3,(H,49,54)(H,51,55)(H,57,58). The van der Waals surface area contributed by atoms with Crippen molar-refractivity contribution in [2.75, 3.05) is 73.1 Å². The topological polar surface area (TPSA) is 204 Å². The van der Waals surface area contributed by atoms with Crippen molar-refractivity contribution in [2.24, 2.45) is 23.5 Å². The monoisotopic (exact) mass is 919 g/mol. The molecule has 1 aromatic heterocycles. The Balaban J connectivity index is 1.79. The summed E-state index contributed by atoms with van der Waals surface area (Å²) < 4.78 is 29.0. The second-order valence-electron chi connectivity index (χ2n) is 17.1. The van der Waals surface area contributed by atoms with Crippen molar-refractivity contribution in [2.45, 2.75) is 130 Å². The van der Waals surface area contributed by atoms with E-state index in [1.165, 1.54) is 11.3 Å². The number of nitrogens with zero attached hydrogens (tertiary/aromatic N) is 3. The summed E-state index contributed by atoms with van der Waals surface area (Å²) in [6.07, 6.45) is 4.64. The molecule has 64 heavy (non-hydrogen) atoms. The number of piperidine rings is 1. The smallest absolute Gasteiger partial charge is 0.306 e. The van der Waals surface area contributed by atoms with Gasteiger partial charge in [-0.05, 0) is 82.2 Å². The Bertz CT molecular complexity index is 1660. The van der Waals surface area contributed by atoms with Crippen molar-refractivity contribution in [3.8, 4) is 5.75 Å². The third kappa shape index (κ3) is 18.3. The summed E-state index contributed by atoms with van der Waals surface area (Å²) in [4.78, 5) is 62.9. The van der Waals surface area contributed by atoms with Gasteiger partial charge in [0.25, 0.3) is 5.91 Å². The largest absolute Gasteiger partial charge is 0.491 e. The molecule has 1 aliphatic heterocycles. The minimum absolute atomic E-state index is 0.0264. The van der Waals surface area contributed by atoms with E-state index in [1.807, 2.05) is 59.0 Å². The van der Waals surface area contributed by atoms with Gasteiger partial charge in [-0.3, -0.25) is 24.1 Å². The van der Waals surface area contributed by atoms with Gasteiger partial charge in [0.15, 0.2) is 0 Å². The lowest BCUT2D eigenvalue weighted by Gasteiger charge is -2.40. The van der Waals surface area contributed by atoms with Gasteiger partial charge < -0.3 is 50.1 Å². The first-order valence-electron chi connectivity index (χ1n) is 23.3. The molecule has 2 aromatic rings. The molecule has 2 heterocycles. The van der Waals surface area contributed by atoms with Crippen LogP contribution in [0, 0.1) is 17.8 Å². The lowest BCUT2D eigenvalue weighted by molar-refractivity contribution is -0.149. The number of aromatic nitrogens is 1. The fraction of sp³-hybridized carbons (Fsp3) is 0.723. The fourth-order valence-electron chi connectivity index (χ4n) is 7.66. The maximum Gasteiger partial charge on any atom is 0.306 e. The van der Waals surface area contributed by atoms with E-state index >= 15 is 0 Å². The molecule has 7 atom stereocenters. The Labute approximate surface area is 385 Å². The molecule has 5 N–H and O–H groups in total. The summed E-state index contributed by atoms with van der Waals surface area (Å²) >= 11 is 1.31. The summed E-state index contributed by atoms with van der Waals surface area (Å²) in [6, 6.07) is 5.59. The maximum atomic E-state index is 14.7. The molecular formula is C47H78N6O10S. The number of ether oxygens (including phenoxy) is 5. The van der Waals surface area contributed by atoms with Crippen LogP contribution in [-0.4, -0.2) is 141 Å². The predicted molar refractivity (Wildman–Crippen MR) is 248 cm³/mol. The number of nitrogens with two attached hydrogens (primary N) is 1. The number of carbonyl (C=O) groups is 4. The van der Waals surface area contributed by atoms with Crippen LogP contribution in [0.3, 0.4) is 0 Å². The number of rotatable bonds is 32. The Morgan fingerprint density at radius 2 is 1.64 bits per heavy atom. The summed E-state index contributed by atoms with van der Waals surface area (Å²) in [5.41, 5.74) is 6.52. The quantitative estimate of drug-likeness (QED) is 0.0516. The third-order valence-electron chi connectivity index (χ3n) is 11.7. The molecule has 1 aliphatic rings. The van der Waals surface area contributed by atoms with Gasteiger partial charge in [-0.2, -0.15) is 0 Å². The second kappa shape index (κ2) is 29.7. The number of carbonyl (C=O) groups excluding carboxylic acids is 3. The normalized spacial score (nSPS) is 17.2. The van der Waals surface area contributed by atoms with Crippen LogP contribution in [0.25, 0.3) is 0 Å². The number of carboxylic acids is 1. The Kier molecular flexibility index (Phi) is 25.4. The summed E-state index contributed by atoms with van der Waals surface area (Å²) in [6.45, 7) is 18.0. The van der Waals surface area contributed by atoms with Gasteiger partial charge in [-0.1, -0.05) is 66.5 Å². The number of aliphatic carboxylic acids is 1. The van der Waals surface area contributed by atoms with Crippen LogP contribution in [0.1, 0.15) is 121 Å². The molecule has 1 fully saturated rings. The molecule has 0 aliphatic carbocycles. The highest BCUT2D eigenvalue weighted by Crippen LogP contribution is 2.32. The van der Waals surface area contributed by atoms with Crippen LogP contribution >= 0.6 is 11.3 Å². The number of likely N-dealkylation sites (N-methyl/N-ethyl adjacent to an activating group) is 1.